The van der Waals surface area contributed by atoms with E-state index in [1.54, 1.807) is 0 Å². The Bertz CT molecular complexity index is 793. The number of amides is 4. The summed E-state index contributed by atoms with van der Waals surface area (Å²) >= 11 is 3.81. The van der Waals surface area contributed by atoms with Crippen molar-refractivity contribution in [2.24, 2.45) is 11.5 Å². The van der Waals surface area contributed by atoms with Crippen LogP contribution in [0.15, 0.2) is 0 Å². The van der Waals surface area contributed by atoms with Crippen molar-refractivity contribution < 1.29 is 48.9 Å². The molecule has 0 aliphatic carbocycles. The summed E-state index contributed by atoms with van der Waals surface area (Å²) in [5.41, 5.74) is 10.7. The van der Waals surface area contributed by atoms with Crippen LogP contribution in [0.2, 0.25) is 0 Å². The number of aliphatic carboxylic acids is 3. The molecule has 4 unspecified atom stereocenters. The van der Waals surface area contributed by atoms with E-state index in [-0.39, 0.29) is 25.0 Å². The summed E-state index contributed by atoms with van der Waals surface area (Å²) in [7, 11) is 0. The van der Waals surface area contributed by atoms with Gasteiger partial charge in [0.15, 0.2) is 0 Å². The maximum Gasteiger partial charge on any atom is 0.327 e. The molecule has 0 aromatic rings. The molecule has 34 heavy (non-hydrogen) atoms. The van der Waals surface area contributed by atoms with Crippen molar-refractivity contribution in [3.8, 4) is 0 Å². The van der Waals surface area contributed by atoms with E-state index >= 15 is 0 Å². The van der Waals surface area contributed by atoms with Gasteiger partial charge in [-0.2, -0.15) is 12.6 Å². The van der Waals surface area contributed by atoms with E-state index in [1.807, 2.05) is 0 Å². The highest BCUT2D eigenvalue weighted by Crippen LogP contribution is 2.05. The zero-order valence-corrected chi connectivity index (χ0v) is 19.0. The first-order valence-electron chi connectivity index (χ1n) is 10.0. The molecule has 4 amide bonds. The van der Waals surface area contributed by atoms with E-state index in [9.17, 15) is 33.6 Å². The monoisotopic (exact) mass is 507 g/mol. The van der Waals surface area contributed by atoms with Crippen LogP contribution in [0.1, 0.15) is 38.5 Å². The van der Waals surface area contributed by atoms with Gasteiger partial charge < -0.3 is 42.7 Å². The topological polar surface area (TPSA) is 268 Å². The summed E-state index contributed by atoms with van der Waals surface area (Å²) in [6.45, 7) is 0. The lowest BCUT2D eigenvalue weighted by Gasteiger charge is -2.24. The van der Waals surface area contributed by atoms with Gasteiger partial charge in [0.2, 0.25) is 23.6 Å². The van der Waals surface area contributed by atoms with Crippen LogP contribution in [0.5, 0.6) is 0 Å². The number of carboxylic acids is 3. The van der Waals surface area contributed by atoms with Crippen LogP contribution >= 0.6 is 12.6 Å². The molecule has 15 nitrogen and oxygen atoms in total. The first kappa shape index (κ1) is 30.6. The van der Waals surface area contributed by atoms with E-state index in [0.29, 0.717) is 0 Å². The number of nitrogens with two attached hydrogens (primary N) is 2. The van der Waals surface area contributed by atoms with E-state index in [0.717, 1.165) is 0 Å². The van der Waals surface area contributed by atoms with Gasteiger partial charge in [-0.25, -0.2) is 4.79 Å². The Balaban J connectivity index is 5.52. The molecule has 4 atom stereocenters. The lowest BCUT2D eigenvalue weighted by atomic mass is 10.1. The molecule has 0 heterocycles. The van der Waals surface area contributed by atoms with Gasteiger partial charge in [0, 0.05) is 25.0 Å². The van der Waals surface area contributed by atoms with Crippen molar-refractivity contribution in [2.45, 2.75) is 62.7 Å². The Morgan fingerprint density at radius 2 is 1.09 bits per heavy atom. The summed E-state index contributed by atoms with van der Waals surface area (Å²) in [5, 5.41) is 33.3. The molecule has 0 aromatic carbocycles. The van der Waals surface area contributed by atoms with Gasteiger partial charge >= 0.3 is 17.9 Å². The van der Waals surface area contributed by atoms with E-state index in [2.05, 4.69) is 28.6 Å². The highest BCUT2D eigenvalue weighted by Gasteiger charge is 2.30. The van der Waals surface area contributed by atoms with Gasteiger partial charge in [0.1, 0.15) is 18.1 Å². The maximum atomic E-state index is 12.7. The fourth-order valence-electron chi connectivity index (χ4n) is 2.51. The van der Waals surface area contributed by atoms with Crippen molar-refractivity contribution in [2.75, 3.05) is 5.75 Å². The second-order valence-corrected chi connectivity index (χ2v) is 7.55. The van der Waals surface area contributed by atoms with E-state index in [1.165, 1.54) is 0 Å². The number of carboxylic acid groups (broad SMARTS) is 3. The second-order valence-electron chi connectivity index (χ2n) is 7.18. The Hall–Kier alpha value is -3.40. The zero-order chi connectivity index (χ0) is 26.4. The third-order valence-corrected chi connectivity index (χ3v) is 4.76. The Morgan fingerprint density at radius 3 is 1.50 bits per heavy atom. The van der Waals surface area contributed by atoms with Gasteiger partial charge in [-0.3, -0.25) is 28.8 Å². The van der Waals surface area contributed by atoms with Crippen molar-refractivity contribution in [3.05, 3.63) is 0 Å². The summed E-state index contributed by atoms with van der Waals surface area (Å²) in [6, 6.07) is -5.65. The molecule has 0 spiro atoms. The largest absolute Gasteiger partial charge is 0.481 e. The molecule has 0 aliphatic heterocycles. The number of carbonyl (C=O) groups is 7. The Kier molecular flexibility index (Phi) is 13.9. The van der Waals surface area contributed by atoms with Gasteiger partial charge in [-0.1, -0.05) is 0 Å². The van der Waals surface area contributed by atoms with Crippen molar-refractivity contribution in [3.63, 3.8) is 0 Å². The molecule has 10 N–H and O–H groups in total. The molecular weight excluding hydrogens is 478 g/mol. The first-order valence-corrected chi connectivity index (χ1v) is 10.6. The summed E-state index contributed by atoms with van der Waals surface area (Å²) in [6.07, 6.45) is -2.31. The van der Waals surface area contributed by atoms with Crippen LogP contribution in [0.3, 0.4) is 0 Å². The van der Waals surface area contributed by atoms with Gasteiger partial charge in [0.25, 0.3) is 0 Å². The van der Waals surface area contributed by atoms with Crippen molar-refractivity contribution in [1.82, 2.24) is 16.0 Å². The molecule has 0 saturated carbocycles. The number of nitrogens with one attached hydrogen (secondary N) is 3. The van der Waals surface area contributed by atoms with E-state index < -0.39 is 85.0 Å². The van der Waals surface area contributed by atoms with Crippen LogP contribution in [0.4, 0.5) is 0 Å². The van der Waals surface area contributed by atoms with Crippen LogP contribution in [0.25, 0.3) is 0 Å². The second kappa shape index (κ2) is 15.4. The number of thiol groups is 1. The van der Waals surface area contributed by atoms with Crippen LogP contribution in [0, 0.1) is 0 Å². The predicted molar refractivity (Wildman–Crippen MR) is 117 cm³/mol. The third-order valence-electron chi connectivity index (χ3n) is 4.40. The quantitative estimate of drug-likeness (QED) is 0.0883. The molecule has 0 saturated heterocycles. The maximum absolute atomic E-state index is 12.7. The molecule has 0 bridgehead atoms. The highest BCUT2D eigenvalue weighted by atomic mass is 32.1. The lowest BCUT2D eigenvalue weighted by Crippen LogP contribution is -2.57. The Morgan fingerprint density at radius 1 is 0.676 bits per heavy atom. The third kappa shape index (κ3) is 12.6. The molecule has 0 aliphatic rings. The average molecular weight is 508 g/mol. The van der Waals surface area contributed by atoms with Crippen molar-refractivity contribution >= 4 is 54.2 Å². The molecular formula is C18H29N5O10S. The minimum Gasteiger partial charge on any atom is -0.481 e. The van der Waals surface area contributed by atoms with E-state index in [4.69, 9.17) is 26.8 Å². The molecule has 0 aromatic heterocycles. The summed E-state index contributed by atoms with van der Waals surface area (Å²) in [5.74, 6) is -7.88. The van der Waals surface area contributed by atoms with Gasteiger partial charge in [0.05, 0.1) is 6.04 Å². The SMILES string of the molecule is NC(=O)CCC(NC(=O)C(CCC(=O)O)NC(=O)C(N)CCC(=O)O)C(=O)NC(CS)C(=O)O. The van der Waals surface area contributed by atoms with Crippen LogP contribution in [-0.4, -0.2) is 86.8 Å². The first-order chi connectivity index (χ1) is 15.8. The Labute approximate surface area is 199 Å². The van der Waals surface area contributed by atoms with Gasteiger partial charge in [-0.15, -0.1) is 0 Å². The minimum atomic E-state index is -1.48. The van der Waals surface area contributed by atoms with Crippen molar-refractivity contribution in [1.29, 1.82) is 0 Å². The summed E-state index contributed by atoms with van der Waals surface area (Å²) in [4.78, 5) is 81.3. The smallest absolute Gasteiger partial charge is 0.327 e. The normalized spacial score (nSPS) is 14.1. The fourth-order valence-corrected chi connectivity index (χ4v) is 2.76. The standard InChI is InChI=1S/C18H29N5O10S/c19-8(1-5-13(25)26)15(29)21-10(3-6-14(27)28)16(30)22-9(2-4-12(20)24)17(31)23-11(7-34)18(32)33/h8-11,34H,1-7,19H2,(H2,20,24)(H,21,29)(H,22,30)(H,23,31)(H,25,26)(H,27,28)(H,32,33). The lowest BCUT2D eigenvalue weighted by molar-refractivity contribution is -0.142. The summed E-state index contributed by atoms with van der Waals surface area (Å²) < 4.78 is 0. The van der Waals surface area contributed by atoms with Gasteiger partial charge in [-0.05, 0) is 19.3 Å². The molecule has 16 heteroatoms. The highest BCUT2D eigenvalue weighted by molar-refractivity contribution is 7.80. The number of hydrogen-bond donors (Lipinski definition) is 9. The minimum absolute atomic E-state index is 0.252. The molecule has 0 radical (unpaired) electrons. The predicted octanol–water partition coefficient (Wildman–Crippen LogP) is -3.22. The molecule has 0 rings (SSSR count). The number of primary amides is 1. The average Bonchev–Trinajstić information content (AvgIpc) is 2.74. The number of hydrogen-bond acceptors (Lipinski definition) is 9. The fraction of sp³-hybridized carbons (Fsp3) is 0.611. The molecule has 192 valence electrons. The number of carbonyl (C=O) groups excluding carboxylic acids is 4. The van der Waals surface area contributed by atoms with Crippen LogP contribution in [-0.2, 0) is 33.6 Å². The number of rotatable bonds is 17. The zero-order valence-electron chi connectivity index (χ0n) is 18.1. The molecule has 0 fully saturated rings. The van der Waals surface area contributed by atoms with Crippen LogP contribution < -0.4 is 27.4 Å².